The molecule has 2 amide bonds. The van der Waals surface area contributed by atoms with Gasteiger partial charge in [-0.15, -0.1) is 0 Å². The molecule has 1 saturated carbocycles. The van der Waals surface area contributed by atoms with Gasteiger partial charge in [-0.25, -0.2) is 4.98 Å². The third-order valence-corrected chi connectivity index (χ3v) is 5.77. The van der Waals surface area contributed by atoms with Crippen molar-refractivity contribution in [3.05, 3.63) is 18.2 Å². The van der Waals surface area contributed by atoms with Crippen LogP contribution in [0.2, 0.25) is 0 Å². The molecule has 2 atom stereocenters. The van der Waals surface area contributed by atoms with Gasteiger partial charge in [0.25, 0.3) is 0 Å². The maximum absolute atomic E-state index is 12.6. The van der Waals surface area contributed by atoms with Gasteiger partial charge < -0.3 is 15.2 Å². The molecule has 0 radical (unpaired) electrons. The van der Waals surface area contributed by atoms with Crippen molar-refractivity contribution >= 4 is 11.8 Å². The van der Waals surface area contributed by atoms with Crippen molar-refractivity contribution in [3.8, 4) is 0 Å². The second-order valence-corrected chi connectivity index (χ2v) is 8.87. The minimum Gasteiger partial charge on any atom is -0.355 e. The van der Waals surface area contributed by atoms with E-state index in [9.17, 15) is 9.59 Å². The van der Waals surface area contributed by atoms with Gasteiger partial charge in [-0.05, 0) is 37.5 Å². The van der Waals surface area contributed by atoms with E-state index < -0.39 is 0 Å². The lowest BCUT2D eigenvalue weighted by Crippen LogP contribution is -2.45. The van der Waals surface area contributed by atoms with E-state index in [1.165, 1.54) is 12.8 Å². The molecule has 1 saturated heterocycles. The summed E-state index contributed by atoms with van der Waals surface area (Å²) in [5.74, 6) is 1.43. The normalized spacial score (nSPS) is 22.6. The van der Waals surface area contributed by atoms with Gasteiger partial charge in [0.2, 0.25) is 11.8 Å². The molecule has 2 aliphatic rings. The second kappa shape index (κ2) is 9.54. The summed E-state index contributed by atoms with van der Waals surface area (Å²) in [5.41, 5.74) is 1.05. The van der Waals surface area contributed by atoms with Gasteiger partial charge in [-0.3, -0.25) is 14.5 Å². The number of nitrogens with zero attached hydrogens (tertiary/aromatic N) is 3. The molecule has 0 aromatic carbocycles. The first-order chi connectivity index (χ1) is 13.4. The highest BCUT2D eigenvalue weighted by Gasteiger charge is 2.37. The number of carbonyl (C=O) groups excluding carboxylic acids is 2. The van der Waals surface area contributed by atoms with Crippen molar-refractivity contribution in [3.63, 3.8) is 0 Å². The number of carbonyl (C=O) groups is 2. The molecule has 2 heterocycles. The van der Waals surface area contributed by atoms with E-state index in [0.29, 0.717) is 31.5 Å². The van der Waals surface area contributed by atoms with Gasteiger partial charge >= 0.3 is 0 Å². The molecule has 1 aliphatic heterocycles. The van der Waals surface area contributed by atoms with Crippen molar-refractivity contribution in [2.24, 2.45) is 11.8 Å². The molecular weight excluding hydrogens is 354 g/mol. The Morgan fingerprint density at radius 3 is 2.61 bits per heavy atom. The van der Waals surface area contributed by atoms with E-state index >= 15 is 0 Å². The molecule has 0 unspecified atom stereocenters. The highest BCUT2D eigenvalue weighted by Crippen LogP contribution is 2.35. The Hall–Kier alpha value is -1.89. The standard InChI is InChI=1S/C21H35N5O2/c1-15(2)12-25-14-22-9-20(25)11-24-21(28)8-18-6-7-19(10-23-16(3)27)26(18)13-17-4-5-17/h9,14-15,17-19H,4-8,10-13H2,1-3H3,(H,23,27)(H,24,28)/t18-,19+/m1/s1. The van der Waals surface area contributed by atoms with Crippen LogP contribution in [0.15, 0.2) is 12.5 Å². The highest BCUT2D eigenvalue weighted by molar-refractivity contribution is 5.76. The third kappa shape index (κ3) is 6.06. The topological polar surface area (TPSA) is 79.3 Å². The number of likely N-dealkylation sites (tertiary alicyclic amines) is 1. The molecule has 1 aliphatic carbocycles. The Labute approximate surface area is 168 Å². The van der Waals surface area contributed by atoms with Crippen molar-refractivity contribution < 1.29 is 9.59 Å². The van der Waals surface area contributed by atoms with Crippen LogP contribution in [0.3, 0.4) is 0 Å². The zero-order valence-corrected chi connectivity index (χ0v) is 17.5. The second-order valence-electron chi connectivity index (χ2n) is 8.87. The molecule has 1 aromatic heterocycles. The number of aromatic nitrogens is 2. The summed E-state index contributed by atoms with van der Waals surface area (Å²) in [6.07, 6.45) is 8.86. The number of hydrogen-bond acceptors (Lipinski definition) is 4. The lowest BCUT2D eigenvalue weighted by molar-refractivity contribution is -0.123. The lowest BCUT2D eigenvalue weighted by Gasteiger charge is -2.30. The summed E-state index contributed by atoms with van der Waals surface area (Å²) < 4.78 is 2.11. The molecule has 2 N–H and O–H groups in total. The molecular formula is C21H35N5O2. The number of amides is 2. The zero-order chi connectivity index (χ0) is 20.1. The summed E-state index contributed by atoms with van der Waals surface area (Å²) >= 11 is 0. The predicted molar refractivity (Wildman–Crippen MR) is 108 cm³/mol. The summed E-state index contributed by atoms with van der Waals surface area (Å²) in [6.45, 7) is 9.10. The average molecular weight is 390 g/mol. The molecule has 2 fully saturated rings. The fourth-order valence-electron chi connectivity index (χ4n) is 4.14. The minimum atomic E-state index is 0.0191. The fraction of sp³-hybridized carbons (Fsp3) is 0.762. The Balaban J connectivity index is 1.50. The van der Waals surface area contributed by atoms with Gasteiger partial charge in [0.1, 0.15) is 0 Å². The molecule has 28 heavy (non-hydrogen) atoms. The molecule has 156 valence electrons. The van der Waals surface area contributed by atoms with Crippen LogP contribution >= 0.6 is 0 Å². The number of hydrogen-bond donors (Lipinski definition) is 2. The summed E-state index contributed by atoms with van der Waals surface area (Å²) in [4.78, 5) is 30.6. The van der Waals surface area contributed by atoms with Crippen LogP contribution in [0.5, 0.6) is 0 Å². The van der Waals surface area contributed by atoms with Gasteiger partial charge in [-0.2, -0.15) is 0 Å². The van der Waals surface area contributed by atoms with Crippen LogP contribution in [0, 0.1) is 11.8 Å². The van der Waals surface area contributed by atoms with Gasteiger partial charge in [0, 0.05) is 51.3 Å². The highest BCUT2D eigenvalue weighted by atomic mass is 16.2. The molecule has 0 spiro atoms. The maximum Gasteiger partial charge on any atom is 0.221 e. The Morgan fingerprint density at radius 2 is 1.93 bits per heavy atom. The maximum atomic E-state index is 12.6. The first-order valence-corrected chi connectivity index (χ1v) is 10.7. The van der Waals surface area contributed by atoms with Crippen LogP contribution < -0.4 is 10.6 Å². The van der Waals surface area contributed by atoms with Crippen molar-refractivity contribution in [2.75, 3.05) is 13.1 Å². The van der Waals surface area contributed by atoms with Gasteiger partial charge in [0.15, 0.2) is 0 Å². The summed E-state index contributed by atoms with van der Waals surface area (Å²) in [6, 6.07) is 0.634. The van der Waals surface area contributed by atoms with Crippen LogP contribution in [0.1, 0.15) is 58.6 Å². The number of nitrogens with one attached hydrogen (secondary N) is 2. The Kier molecular flexibility index (Phi) is 7.10. The predicted octanol–water partition coefficient (Wildman–Crippen LogP) is 1.92. The van der Waals surface area contributed by atoms with Crippen LogP contribution in [0.25, 0.3) is 0 Å². The van der Waals surface area contributed by atoms with E-state index in [1.807, 2.05) is 12.5 Å². The Morgan fingerprint density at radius 1 is 1.18 bits per heavy atom. The lowest BCUT2D eigenvalue weighted by atomic mass is 10.1. The zero-order valence-electron chi connectivity index (χ0n) is 17.5. The van der Waals surface area contributed by atoms with Crippen LogP contribution in [-0.4, -0.2) is 51.4 Å². The molecule has 3 rings (SSSR count). The molecule has 0 bridgehead atoms. The first-order valence-electron chi connectivity index (χ1n) is 10.7. The monoisotopic (exact) mass is 389 g/mol. The largest absolute Gasteiger partial charge is 0.355 e. The molecule has 7 heteroatoms. The van der Waals surface area contributed by atoms with Crippen molar-refractivity contribution in [1.82, 2.24) is 25.1 Å². The SMILES string of the molecule is CC(=O)NC[C@@H]1CC[C@H](CC(=O)NCc2cncn2CC(C)C)N1CC1CC1. The number of imidazole rings is 1. The van der Waals surface area contributed by atoms with Crippen LogP contribution in [-0.2, 0) is 22.7 Å². The van der Waals surface area contributed by atoms with E-state index in [4.69, 9.17) is 0 Å². The molecule has 1 aromatic rings. The van der Waals surface area contributed by atoms with Gasteiger partial charge in [-0.1, -0.05) is 13.8 Å². The van der Waals surface area contributed by atoms with E-state index in [1.54, 1.807) is 6.92 Å². The fourth-order valence-corrected chi connectivity index (χ4v) is 4.14. The van der Waals surface area contributed by atoms with Crippen molar-refractivity contribution in [2.45, 2.75) is 78.0 Å². The smallest absolute Gasteiger partial charge is 0.221 e. The summed E-state index contributed by atoms with van der Waals surface area (Å²) in [5, 5.41) is 6.04. The summed E-state index contributed by atoms with van der Waals surface area (Å²) in [7, 11) is 0. The van der Waals surface area contributed by atoms with Crippen LogP contribution in [0.4, 0.5) is 0 Å². The number of rotatable bonds is 10. The van der Waals surface area contributed by atoms with Crippen molar-refractivity contribution in [1.29, 1.82) is 0 Å². The Bertz CT molecular complexity index is 668. The first kappa shape index (κ1) is 20.8. The van der Waals surface area contributed by atoms with E-state index in [2.05, 4.69) is 38.9 Å². The van der Waals surface area contributed by atoms with E-state index in [-0.39, 0.29) is 17.9 Å². The van der Waals surface area contributed by atoms with Gasteiger partial charge in [0.05, 0.1) is 18.6 Å². The molecule has 7 nitrogen and oxygen atoms in total. The third-order valence-electron chi connectivity index (χ3n) is 5.77. The average Bonchev–Trinajstić information content (AvgIpc) is 3.22. The quantitative estimate of drug-likeness (QED) is 0.641. The van der Waals surface area contributed by atoms with E-state index in [0.717, 1.165) is 37.5 Å². The minimum absolute atomic E-state index is 0.0191.